The van der Waals surface area contributed by atoms with E-state index in [1.54, 1.807) is 6.20 Å². The summed E-state index contributed by atoms with van der Waals surface area (Å²) in [5, 5.41) is 12.0. The Kier molecular flexibility index (Phi) is 2.35. The lowest BCUT2D eigenvalue weighted by Crippen LogP contribution is -2.60. The third kappa shape index (κ3) is 1.78. The van der Waals surface area contributed by atoms with Gasteiger partial charge in [0.05, 0.1) is 5.60 Å². The maximum atomic E-state index is 9.89. The normalized spacial score (nSPS) is 19.8. The zero-order chi connectivity index (χ0) is 13.7. The molecular formula is C15H16N2O3. The Morgan fingerprint density at radius 2 is 1.90 bits per heavy atom. The van der Waals surface area contributed by atoms with E-state index in [1.807, 2.05) is 25.1 Å². The highest BCUT2D eigenvalue weighted by Gasteiger charge is 2.38. The smallest absolute Gasteiger partial charge is 0.162 e. The number of anilines is 1. The molecule has 20 heavy (non-hydrogen) atoms. The molecular weight excluding hydrogens is 256 g/mol. The van der Waals surface area contributed by atoms with Crippen LogP contribution in [0, 0.1) is 0 Å². The van der Waals surface area contributed by atoms with Crippen molar-refractivity contribution in [2.45, 2.75) is 12.5 Å². The second kappa shape index (κ2) is 3.99. The molecule has 0 bridgehead atoms. The first-order chi connectivity index (χ1) is 9.62. The topological polar surface area (TPSA) is 54.8 Å². The molecule has 3 heterocycles. The molecule has 1 saturated heterocycles. The quantitative estimate of drug-likeness (QED) is 0.854. The fourth-order valence-corrected chi connectivity index (χ4v) is 2.87. The van der Waals surface area contributed by atoms with Crippen LogP contribution in [0.3, 0.4) is 0 Å². The van der Waals surface area contributed by atoms with Crippen molar-refractivity contribution in [1.82, 2.24) is 4.98 Å². The number of hydrogen-bond acceptors (Lipinski definition) is 5. The van der Waals surface area contributed by atoms with Crippen LogP contribution >= 0.6 is 0 Å². The second-order valence-corrected chi connectivity index (χ2v) is 5.70. The molecule has 0 amide bonds. The summed E-state index contributed by atoms with van der Waals surface area (Å²) in [7, 11) is 0. The maximum Gasteiger partial charge on any atom is 0.162 e. The summed E-state index contributed by atoms with van der Waals surface area (Å²) in [6, 6.07) is 5.95. The van der Waals surface area contributed by atoms with Crippen LogP contribution in [0.15, 0.2) is 24.4 Å². The van der Waals surface area contributed by atoms with Gasteiger partial charge in [0.15, 0.2) is 11.5 Å². The van der Waals surface area contributed by atoms with Crippen molar-refractivity contribution in [2.24, 2.45) is 0 Å². The maximum absolute atomic E-state index is 9.89. The molecule has 4 rings (SSSR count). The van der Waals surface area contributed by atoms with Crippen LogP contribution in [0.5, 0.6) is 11.5 Å². The molecule has 2 aliphatic heterocycles. The van der Waals surface area contributed by atoms with Crippen LogP contribution < -0.4 is 14.4 Å². The number of benzene rings is 1. The monoisotopic (exact) mass is 272 g/mol. The molecule has 104 valence electrons. The molecule has 0 aliphatic carbocycles. The van der Waals surface area contributed by atoms with E-state index in [1.165, 1.54) is 0 Å². The van der Waals surface area contributed by atoms with Crippen LogP contribution in [0.25, 0.3) is 10.8 Å². The predicted octanol–water partition coefficient (Wildman–Crippen LogP) is 1.58. The molecule has 2 aliphatic rings. The highest BCUT2D eigenvalue weighted by atomic mass is 16.6. The number of aromatic nitrogens is 1. The number of hydrogen-bond donors (Lipinski definition) is 1. The summed E-state index contributed by atoms with van der Waals surface area (Å²) in [6.45, 7) is 4.21. The lowest BCUT2D eigenvalue weighted by atomic mass is 9.96. The first-order valence-electron chi connectivity index (χ1n) is 6.78. The van der Waals surface area contributed by atoms with Crippen molar-refractivity contribution in [3.05, 3.63) is 24.4 Å². The zero-order valence-electron chi connectivity index (χ0n) is 11.3. The van der Waals surface area contributed by atoms with Gasteiger partial charge in [0.2, 0.25) is 0 Å². The van der Waals surface area contributed by atoms with Crippen molar-refractivity contribution in [2.75, 3.05) is 31.2 Å². The van der Waals surface area contributed by atoms with E-state index < -0.39 is 5.60 Å². The van der Waals surface area contributed by atoms with Gasteiger partial charge < -0.3 is 19.5 Å². The molecule has 0 unspecified atom stereocenters. The SMILES string of the molecule is CC1(O)CN(c2nccc3cc4c(cc23)OCCO4)C1. The van der Waals surface area contributed by atoms with Crippen LogP contribution in [0.2, 0.25) is 0 Å². The first kappa shape index (κ1) is 11.8. The van der Waals surface area contributed by atoms with E-state index in [9.17, 15) is 5.11 Å². The zero-order valence-corrected chi connectivity index (χ0v) is 11.3. The van der Waals surface area contributed by atoms with Crippen molar-refractivity contribution in [3.63, 3.8) is 0 Å². The highest BCUT2D eigenvalue weighted by molar-refractivity contribution is 5.95. The molecule has 5 nitrogen and oxygen atoms in total. The summed E-state index contributed by atoms with van der Waals surface area (Å²) >= 11 is 0. The van der Waals surface area contributed by atoms with Gasteiger partial charge in [0.1, 0.15) is 19.0 Å². The largest absolute Gasteiger partial charge is 0.486 e. The fraction of sp³-hybridized carbons (Fsp3) is 0.400. The molecule has 0 saturated carbocycles. The molecule has 2 aromatic rings. The summed E-state index contributed by atoms with van der Waals surface area (Å²) < 4.78 is 11.2. The third-order valence-corrected chi connectivity index (χ3v) is 3.77. The number of rotatable bonds is 1. The number of fused-ring (bicyclic) bond motifs is 2. The first-order valence-corrected chi connectivity index (χ1v) is 6.78. The fourth-order valence-electron chi connectivity index (χ4n) is 2.87. The van der Waals surface area contributed by atoms with Crippen molar-refractivity contribution >= 4 is 16.6 Å². The van der Waals surface area contributed by atoms with Gasteiger partial charge in [-0.3, -0.25) is 0 Å². The number of ether oxygens (including phenoxy) is 2. The molecule has 1 fully saturated rings. The standard InChI is InChI=1S/C15H16N2O3/c1-15(18)8-17(9-15)14-11-7-13-12(19-4-5-20-13)6-10(11)2-3-16-14/h2-3,6-7,18H,4-5,8-9H2,1H3. The molecule has 1 aromatic carbocycles. The lowest BCUT2D eigenvalue weighted by Gasteiger charge is -2.45. The van der Waals surface area contributed by atoms with Gasteiger partial charge in [-0.15, -0.1) is 0 Å². The second-order valence-electron chi connectivity index (χ2n) is 5.70. The van der Waals surface area contributed by atoms with Crippen LogP contribution in [0.1, 0.15) is 6.92 Å². The van der Waals surface area contributed by atoms with Gasteiger partial charge in [0.25, 0.3) is 0 Å². The molecule has 0 radical (unpaired) electrons. The van der Waals surface area contributed by atoms with E-state index >= 15 is 0 Å². The van der Waals surface area contributed by atoms with E-state index in [-0.39, 0.29) is 0 Å². The molecule has 0 spiro atoms. The summed E-state index contributed by atoms with van der Waals surface area (Å²) in [5.41, 5.74) is -0.613. The molecule has 5 heteroatoms. The van der Waals surface area contributed by atoms with Gasteiger partial charge in [0, 0.05) is 24.7 Å². The van der Waals surface area contributed by atoms with Crippen molar-refractivity contribution in [1.29, 1.82) is 0 Å². The molecule has 0 atom stereocenters. The minimum absolute atomic E-state index is 0.576. The average Bonchev–Trinajstić information content (AvgIpc) is 2.42. The van der Waals surface area contributed by atoms with Gasteiger partial charge in [-0.2, -0.15) is 0 Å². The average molecular weight is 272 g/mol. The number of aliphatic hydroxyl groups is 1. The number of β-amino-alcohol motifs (C(OH)–C–C–N with tert-alkyl or cyclic N) is 1. The Bertz CT molecular complexity index is 676. The van der Waals surface area contributed by atoms with E-state index in [0.717, 1.165) is 28.1 Å². The van der Waals surface area contributed by atoms with Crippen LogP contribution in [-0.2, 0) is 0 Å². The van der Waals surface area contributed by atoms with Crippen molar-refractivity contribution < 1.29 is 14.6 Å². The Hall–Kier alpha value is -2.01. The van der Waals surface area contributed by atoms with Gasteiger partial charge >= 0.3 is 0 Å². The number of pyridine rings is 1. The summed E-state index contributed by atoms with van der Waals surface area (Å²) in [5.74, 6) is 2.45. The Morgan fingerprint density at radius 3 is 2.60 bits per heavy atom. The van der Waals surface area contributed by atoms with Gasteiger partial charge in [-0.1, -0.05) is 0 Å². The van der Waals surface area contributed by atoms with Crippen LogP contribution in [-0.4, -0.2) is 42.0 Å². The molecule has 1 N–H and O–H groups in total. The van der Waals surface area contributed by atoms with Gasteiger partial charge in [-0.05, 0) is 30.5 Å². The van der Waals surface area contributed by atoms with Gasteiger partial charge in [-0.25, -0.2) is 4.98 Å². The minimum atomic E-state index is -0.613. The Morgan fingerprint density at radius 1 is 1.20 bits per heavy atom. The minimum Gasteiger partial charge on any atom is -0.486 e. The Labute approximate surface area is 116 Å². The summed E-state index contributed by atoms with van der Waals surface area (Å²) in [4.78, 5) is 6.54. The molecule has 1 aromatic heterocycles. The van der Waals surface area contributed by atoms with Crippen molar-refractivity contribution in [3.8, 4) is 11.5 Å². The Balaban J connectivity index is 1.81. The van der Waals surface area contributed by atoms with E-state index in [4.69, 9.17) is 9.47 Å². The summed E-state index contributed by atoms with van der Waals surface area (Å²) in [6.07, 6.45) is 1.79. The van der Waals surface area contributed by atoms with E-state index in [0.29, 0.717) is 26.3 Å². The number of nitrogens with zero attached hydrogens (tertiary/aromatic N) is 2. The van der Waals surface area contributed by atoms with E-state index in [2.05, 4.69) is 9.88 Å². The predicted molar refractivity (Wildman–Crippen MR) is 75.6 cm³/mol. The third-order valence-electron chi connectivity index (χ3n) is 3.77. The lowest BCUT2D eigenvalue weighted by molar-refractivity contribution is 0.0307. The van der Waals surface area contributed by atoms with Crippen LogP contribution in [0.4, 0.5) is 5.82 Å². The highest BCUT2D eigenvalue weighted by Crippen LogP contribution is 2.39.